The van der Waals surface area contributed by atoms with Gasteiger partial charge >= 0.3 is 5.97 Å². The molecule has 0 atom stereocenters. The van der Waals surface area contributed by atoms with E-state index in [1.165, 1.54) is 11.3 Å². The molecule has 2 heterocycles. The van der Waals surface area contributed by atoms with E-state index in [1.807, 2.05) is 24.7 Å². The van der Waals surface area contributed by atoms with Gasteiger partial charge in [0, 0.05) is 23.2 Å². The molecule has 0 amide bonds. The highest BCUT2D eigenvalue weighted by molar-refractivity contribution is 7.15. The van der Waals surface area contributed by atoms with Crippen molar-refractivity contribution in [3.05, 3.63) is 23.0 Å². The van der Waals surface area contributed by atoms with E-state index in [2.05, 4.69) is 10.1 Å². The molecular formula is C12H15N3O2S. The zero-order valence-electron chi connectivity index (χ0n) is 10.6. The van der Waals surface area contributed by atoms with Gasteiger partial charge in [-0.1, -0.05) is 0 Å². The van der Waals surface area contributed by atoms with Crippen molar-refractivity contribution in [3.8, 4) is 10.6 Å². The van der Waals surface area contributed by atoms with E-state index in [9.17, 15) is 4.79 Å². The highest BCUT2D eigenvalue weighted by Gasteiger charge is 2.17. The number of nitrogens with zero attached hydrogens (tertiary/aromatic N) is 3. The van der Waals surface area contributed by atoms with Crippen LogP contribution in [0.3, 0.4) is 0 Å². The van der Waals surface area contributed by atoms with E-state index in [-0.39, 0.29) is 5.97 Å². The fourth-order valence-electron chi connectivity index (χ4n) is 1.56. The predicted molar refractivity (Wildman–Crippen MR) is 69.7 cm³/mol. The van der Waals surface area contributed by atoms with Gasteiger partial charge < -0.3 is 4.74 Å². The van der Waals surface area contributed by atoms with E-state index in [4.69, 9.17) is 4.74 Å². The summed E-state index contributed by atoms with van der Waals surface area (Å²) in [4.78, 5) is 16.9. The van der Waals surface area contributed by atoms with Crippen LogP contribution in [0.5, 0.6) is 0 Å². The summed E-state index contributed by atoms with van der Waals surface area (Å²) in [5, 5.41) is 5.00. The Bertz CT molecular complexity index is 559. The first-order chi connectivity index (χ1) is 8.65. The van der Waals surface area contributed by atoms with Crippen LogP contribution in [0.2, 0.25) is 0 Å². The number of carbonyl (C=O) groups is 1. The molecule has 2 rings (SSSR count). The Morgan fingerprint density at radius 1 is 1.50 bits per heavy atom. The number of ether oxygens (including phenoxy) is 1. The lowest BCUT2D eigenvalue weighted by atomic mass is 10.3. The largest absolute Gasteiger partial charge is 0.461 e. The third kappa shape index (κ3) is 2.43. The molecule has 96 valence electrons. The molecular weight excluding hydrogens is 250 g/mol. The SMILES string of the molecule is CCOC(=O)c1nc(-c2cnn(CC)c2)sc1C. The number of rotatable bonds is 4. The number of carbonyl (C=O) groups excluding carboxylic acids is 1. The fourth-order valence-corrected chi connectivity index (χ4v) is 2.43. The topological polar surface area (TPSA) is 57.0 Å². The van der Waals surface area contributed by atoms with E-state index in [0.29, 0.717) is 12.3 Å². The summed E-state index contributed by atoms with van der Waals surface area (Å²) in [5.74, 6) is -0.361. The molecule has 0 saturated carbocycles. The van der Waals surface area contributed by atoms with E-state index in [1.54, 1.807) is 13.1 Å². The third-order valence-corrected chi connectivity index (χ3v) is 3.49. The highest BCUT2D eigenvalue weighted by atomic mass is 32.1. The average Bonchev–Trinajstić information content (AvgIpc) is 2.95. The molecule has 0 unspecified atom stereocenters. The molecule has 0 fully saturated rings. The van der Waals surface area contributed by atoms with Gasteiger partial charge in [-0.2, -0.15) is 5.10 Å². The molecule has 0 radical (unpaired) electrons. The summed E-state index contributed by atoms with van der Waals surface area (Å²) in [6.45, 7) is 6.85. The van der Waals surface area contributed by atoms with Crippen LogP contribution in [0.4, 0.5) is 0 Å². The Labute approximate surface area is 109 Å². The summed E-state index contributed by atoms with van der Waals surface area (Å²) >= 11 is 1.48. The lowest BCUT2D eigenvalue weighted by molar-refractivity contribution is 0.0519. The van der Waals surface area contributed by atoms with Crippen LogP contribution in [-0.4, -0.2) is 27.3 Å². The van der Waals surface area contributed by atoms with Gasteiger partial charge in [0.1, 0.15) is 5.01 Å². The second-order valence-corrected chi connectivity index (χ2v) is 4.93. The van der Waals surface area contributed by atoms with Crippen LogP contribution in [0.1, 0.15) is 29.2 Å². The Hall–Kier alpha value is -1.69. The maximum Gasteiger partial charge on any atom is 0.358 e. The third-order valence-electron chi connectivity index (χ3n) is 2.47. The van der Waals surface area contributed by atoms with Gasteiger partial charge in [-0.15, -0.1) is 11.3 Å². The molecule has 0 N–H and O–H groups in total. The van der Waals surface area contributed by atoms with Gasteiger partial charge in [0.2, 0.25) is 0 Å². The number of thiazole rings is 1. The first kappa shape index (κ1) is 12.8. The molecule has 0 aliphatic rings. The Balaban J connectivity index is 2.30. The van der Waals surface area contributed by atoms with Gasteiger partial charge in [0.25, 0.3) is 0 Å². The van der Waals surface area contributed by atoms with E-state index in [0.717, 1.165) is 22.0 Å². The minimum atomic E-state index is -0.361. The fraction of sp³-hybridized carbons (Fsp3) is 0.417. The summed E-state index contributed by atoms with van der Waals surface area (Å²) < 4.78 is 6.80. The zero-order valence-corrected chi connectivity index (χ0v) is 11.5. The van der Waals surface area contributed by atoms with Crippen LogP contribution in [0.25, 0.3) is 10.6 Å². The van der Waals surface area contributed by atoms with Crippen molar-refractivity contribution in [1.29, 1.82) is 0 Å². The van der Waals surface area contributed by atoms with Gasteiger partial charge in [-0.05, 0) is 20.8 Å². The quantitative estimate of drug-likeness (QED) is 0.797. The summed E-state index contributed by atoms with van der Waals surface area (Å²) in [5.41, 5.74) is 1.33. The zero-order chi connectivity index (χ0) is 13.1. The smallest absolute Gasteiger partial charge is 0.358 e. The van der Waals surface area contributed by atoms with Crippen molar-refractivity contribution in [3.63, 3.8) is 0 Å². The molecule has 0 aliphatic heterocycles. The van der Waals surface area contributed by atoms with Crippen LogP contribution >= 0.6 is 11.3 Å². The average molecular weight is 265 g/mol. The second-order valence-electron chi connectivity index (χ2n) is 3.73. The van der Waals surface area contributed by atoms with Crippen molar-refractivity contribution in [2.75, 3.05) is 6.61 Å². The second kappa shape index (κ2) is 5.30. The number of hydrogen-bond donors (Lipinski definition) is 0. The summed E-state index contributed by atoms with van der Waals surface area (Å²) in [6, 6.07) is 0. The highest BCUT2D eigenvalue weighted by Crippen LogP contribution is 2.27. The van der Waals surface area contributed by atoms with Crippen LogP contribution in [0, 0.1) is 6.92 Å². The number of hydrogen-bond acceptors (Lipinski definition) is 5. The summed E-state index contributed by atoms with van der Waals surface area (Å²) in [7, 11) is 0. The van der Waals surface area contributed by atoms with Crippen molar-refractivity contribution in [2.24, 2.45) is 0 Å². The van der Waals surface area contributed by atoms with Crippen molar-refractivity contribution < 1.29 is 9.53 Å². The van der Waals surface area contributed by atoms with Crippen molar-refractivity contribution in [2.45, 2.75) is 27.3 Å². The Morgan fingerprint density at radius 2 is 2.28 bits per heavy atom. The Kier molecular flexibility index (Phi) is 3.76. The Morgan fingerprint density at radius 3 is 2.89 bits per heavy atom. The van der Waals surface area contributed by atoms with Crippen LogP contribution < -0.4 is 0 Å². The minimum absolute atomic E-state index is 0.360. The molecule has 0 bridgehead atoms. The molecule has 0 saturated heterocycles. The monoisotopic (exact) mass is 265 g/mol. The normalized spacial score (nSPS) is 10.6. The van der Waals surface area contributed by atoms with Gasteiger partial charge in [-0.3, -0.25) is 4.68 Å². The molecule has 2 aromatic rings. The van der Waals surface area contributed by atoms with Gasteiger partial charge in [0.15, 0.2) is 5.69 Å². The molecule has 2 aromatic heterocycles. The number of aryl methyl sites for hydroxylation is 2. The maximum absolute atomic E-state index is 11.7. The van der Waals surface area contributed by atoms with E-state index < -0.39 is 0 Å². The lowest BCUT2D eigenvalue weighted by Crippen LogP contribution is -2.06. The van der Waals surface area contributed by atoms with Crippen molar-refractivity contribution >= 4 is 17.3 Å². The predicted octanol–water partition coefficient (Wildman–Crippen LogP) is 2.51. The lowest BCUT2D eigenvalue weighted by Gasteiger charge is -1.97. The van der Waals surface area contributed by atoms with Crippen LogP contribution in [-0.2, 0) is 11.3 Å². The van der Waals surface area contributed by atoms with Gasteiger partial charge in [-0.25, -0.2) is 9.78 Å². The first-order valence-corrected chi connectivity index (χ1v) is 6.64. The number of esters is 1. The molecule has 0 aliphatic carbocycles. The molecule has 0 aromatic carbocycles. The number of aromatic nitrogens is 3. The van der Waals surface area contributed by atoms with Gasteiger partial charge in [0.05, 0.1) is 12.8 Å². The van der Waals surface area contributed by atoms with Crippen molar-refractivity contribution in [1.82, 2.24) is 14.8 Å². The first-order valence-electron chi connectivity index (χ1n) is 5.83. The molecule has 6 heteroatoms. The molecule has 0 spiro atoms. The summed E-state index contributed by atoms with van der Waals surface area (Å²) in [6.07, 6.45) is 3.68. The minimum Gasteiger partial charge on any atom is -0.461 e. The van der Waals surface area contributed by atoms with E-state index >= 15 is 0 Å². The standard InChI is InChI=1S/C12H15N3O2S/c1-4-15-7-9(6-13-15)11-14-10(8(3)18-11)12(16)17-5-2/h6-7H,4-5H2,1-3H3. The molecule has 18 heavy (non-hydrogen) atoms. The van der Waals surface area contributed by atoms with Crippen LogP contribution in [0.15, 0.2) is 12.4 Å². The maximum atomic E-state index is 11.7. The molecule has 5 nitrogen and oxygen atoms in total.